The zero-order valence-corrected chi connectivity index (χ0v) is 13.2. The molecule has 0 aliphatic rings. The summed E-state index contributed by atoms with van der Waals surface area (Å²) in [4.78, 5) is 11.7. The lowest BCUT2D eigenvalue weighted by atomic mass is 10.0. The van der Waals surface area contributed by atoms with Crippen molar-refractivity contribution in [2.75, 3.05) is 13.7 Å². The van der Waals surface area contributed by atoms with Crippen LogP contribution < -0.4 is 5.32 Å². The van der Waals surface area contributed by atoms with E-state index in [0.29, 0.717) is 0 Å². The van der Waals surface area contributed by atoms with E-state index in [1.807, 2.05) is 42.5 Å². The first-order chi connectivity index (χ1) is 10.4. The molecule has 0 radical (unpaired) electrons. The minimum absolute atomic E-state index is 0. The van der Waals surface area contributed by atoms with Crippen LogP contribution in [-0.2, 0) is 16.0 Å². The van der Waals surface area contributed by atoms with Gasteiger partial charge in [-0.2, -0.15) is 13.2 Å². The molecule has 23 heavy (non-hydrogen) atoms. The highest BCUT2D eigenvalue weighted by Crippen LogP contribution is 2.18. The summed E-state index contributed by atoms with van der Waals surface area (Å²) in [6.07, 6.45) is -4.26. The van der Waals surface area contributed by atoms with Crippen molar-refractivity contribution in [3.8, 4) is 0 Å². The van der Waals surface area contributed by atoms with E-state index in [2.05, 4.69) is 10.1 Å². The number of esters is 1. The van der Waals surface area contributed by atoms with Crippen molar-refractivity contribution in [3.63, 3.8) is 0 Å². The van der Waals surface area contributed by atoms with Gasteiger partial charge in [-0.05, 0) is 29.8 Å². The van der Waals surface area contributed by atoms with Gasteiger partial charge in [0, 0.05) is 0 Å². The third-order valence-electron chi connectivity index (χ3n) is 3.26. The number of likely N-dealkylation sites (N-methyl/N-ethyl adjacent to an activating group) is 1. The Balaban J connectivity index is 0.00000264. The Labute approximate surface area is 138 Å². The topological polar surface area (TPSA) is 38.3 Å². The van der Waals surface area contributed by atoms with E-state index >= 15 is 0 Å². The molecular weight excluding hydrogens is 331 g/mol. The van der Waals surface area contributed by atoms with Crippen LogP contribution in [0, 0.1) is 0 Å². The number of carbonyl (C=O) groups is 1. The second-order valence-corrected chi connectivity index (χ2v) is 4.95. The average Bonchev–Trinajstić information content (AvgIpc) is 2.49. The summed E-state index contributed by atoms with van der Waals surface area (Å²) in [6, 6.07) is 12.6. The second kappa shape index (κ2) is 8.17. The highest BCUT2D eigenvalue weighted by molar-refractivity contribution is 5.85. The maximum absolute atomic E-state index is 12.1. The van der Waals surface area contributed by atoms with E-state index in [0.717, 1.165) is 16.3 Å². The van der Waals surface area contributed by atoms with E-state index in [1.54, 1.807) is 0 Å². The van der Waals surface area contributed by atoms with Gasteiger partial charge in [-0.25, -0.2) is 0 Å². The van der Waals surface area contributed by atoms with Gasteiger partial charge in [0.05, 0.1) is 0 Å². The van der Waals surface area contributed by atoms with Gasteiger partial charge >= 0.3 is 12.1 Å². The molecule has 1 atom stereocenters. The number of fused-ring (bicyclic) bond motifs is 1. The van der Waals surface area contributed by atoms with Crippen molar-refractivity contribution >= 4 is 29.1 Å². The van der Waals surface area contributed by atoms with E-state index < -0.39 is 24.8 Å². The van der Waals surface area contributed by atoms with E-state index in [-0.39, 0.29) is 18.8 Å². The number of hydrogen-bond acceptors (Lipinski definition) is 3. The van der Waals surface area contributed by atoms with E-state index in [9.17, 15) is 18.0 Å². The van der Waals surface area contributed by atoms with Crippen LogP contribution in [0.1, 0.15) is 5.56 Å². The third-order valence-corrected chi connectivity index (χ3v) is 3.26. The SMILES string of the molecule is CN[C@@H](Cc1ccc2ccccc2c1)C(=O)OCC(F)(F)F.Cl. The molecule has 1 N–H and O–H groups in total. The van der Waals surface area contributed by atoms with Crippen molar-refractivity contribution in [2.45, 2.75) is 18.6 Å². The fraction of sp³-hybridized carbons (Fsp3) is 0.312. The number of ether oxygens (including phenoxy) is 1. The predicted molar refractivity (Wildman–Crippen MR) is 84.8 cm³/mol. The van der Waals surface area contributed by atoms with Gasteiger partial charge in [0.1, 0.15) is 6.04 Å². The number of carbonyl (C=O) groups excluding carboxylic acids is 1. The van der Waals surface area contributed by atoms with Gasteiger partial charge in [-0.15, -0.1) is 12.4 Å². The molecule has 0 aliphatic carbocycles. The fourth-order valence-corrected chi connectivity index (χ4v) is 2.16. The first-order valence-electron chi connectivity index (χ1n) is 6.77. The lowest BCUT2D eigenvalue weighted by molar-refractivity contribution is -0.187. The molecule has 0 unspecified atom stereocenters. The van der Waals surface area contributed by atoms with Crippen molar-refractivity contribution in [2.24, 2.45) is 0 Å². The Morgan fingerprint density at radius 1 is 1.17 bits per heavy atom. The molecule has 0 aromatic heterocycles. The monoisotopic (exact) mass is 347 g/mol. The average molecular weight is 348 g/mol. The zero-order chi connectivity index (χ0) is 16.2. The third kappa shape index (κ3) is 5.73. The summed E-state index contributed by atoms with van der Waals surface area (Å²) < 4.78 is 40.6. The highest BCUT2D eigenvalue weighted by atomic mass is 35.5. The van der Waals surface area contributed by atoms with Crippen molar-refractivity contribution in [3.05, 3.63) is 48.0 Å². The molecule has 0 bridgehead atoms. The smallest absolute Gasteiger partial charge is 0.422 e. The van der Waals surface area contributed by atoms with Crippen LogP contribution in [0.4, 0.5) is 13.2 Å². The van der Waals surface area contributed by atoms with Gasteiger partial charge in [-0.1, -0.05) is 42.5 Å². The van der Waals surface area contributed by atoms with Crippen molar-refractivity contribution < 1.29 is 22.7 Å². The highest BCUT2D eigenvalue weighted by Gasteiger charge is 2.31. The van der Waals surface area contributed by atoms with Crippen LogP contribution in [0.25, 0.3) is 10.8 Å². The minimum atomic E-state index is -4.52. The zero-order valence-electron chi connectivity index (χ0n) is 12.4. The van der Waals surface area contributed by atoms with Gasteiger partial charge < -0.3 is 10.1 Å². The quantitative estimate of drug-likeness (QED) is 0.841. The predicted octanol–water partition coefficient (Wildman–Crippen LogP) is 3.50. The maximum atomic E-state index is 12.1. The molecule has 0 saturated carbocycles. The Morgan fingerprint density at radius 3 is 2.43 bits per heavy atom. The Hall–Kier alpha value is -1.79. The molecule has 0 heterocycles. The Kier molecular flexibility index (Phi) is 6.84. The maximum Gasteiger partial charge on any atom is 0.422 e. The van der Waals surface area contributed by atoms with Gasteiger partial charge in [-0.3, -0.25) is 4.79 Å². The number of alkyl halides is 3. The Bertz CT molecular complexity index is 661. The molecule has 126 valence electrons. The molecule has 0 amide bonds. The number of rotatable bonds is 5. The van der Waals surface area contributed by atoms with Gasteiger partial charge in [0.2, 0.25) is 0 Å². The molecule has 7 heteroatoms. The number of benzene rings is 2. The summed E-state index contributed by atoms with van der Waals surface area (Å²) in [5.41, 5.74) is 0.849. The van der Waals surface area contributed by atoms with Gasteiger partial charge in [0.25, 0.3) is 0 Å². The lowest BCUT2D eigenvalue weighted by Gasteiger charge is -2.16. The van der Waals surface area contributed by atoms with Crippen molar-refractivity contribution in [1.29, 1.82) is 0 Å². The molecule has 3 nitrogen and oxygen atoms in total. The largest absolute Gasteiger partial charge is 0.455 e. The van der Waals surface area contributed by atoms with E-state index in [1.165, 1.54) is 7.05 Å². The summed E-state index contributed by atoms with van der Waals surface area (Å²) >= 11 is 0. The fourth-order valence-electron chi connectivity index (χ4n) is 2.16. The van der Waals surface area contributed by atoms with Crippen LogP contribution in [0.5, 0.6) is 0 Å². The summed E-state index contributed by atoms with van der Waals surface area (Å²) in [5.74, 6) is -0.909. The Morgan fingerprint density at radius 2 is 1.83 bits per heavy atom. The summed E-state index contributed by atoms with van der Waals surface area (Å²) in [6.45, 7) is -1.57. The van der Waals surface area contributed by atoms with Crippen LogP contribution in [-0.4, -0.2) is 31.8 Å². The van der Waals surface area contributed by atoms with Crippen LogP contribution in [0.3, 0.4) is 0 Å². The standard InChI is InChI=1S/C16H16F3NO2.ClH/c1-20-14(15(21)22-10-16(17,18)19)9-11-6-7-12-4-2-3-5-13(12)8-11;/h2-8,14,20H,9-10H2,1H3;1H/t14-;/m0./s1. The van der Waals surface area contributed by atoms with Crippen LogP contribution >= 0.6 is 12.4 Å². The first-order valence-corrected chi connectivity index (χ1v) is 6.77. The molecule has 0 saturated heterocycles. The first kappa shape index (κ1) is 19.3. The molecule has 0 spiro atoms. The molecule has 2 rings (SSSR count). The number of hydrogen-bond donors (Lipinski definition) is 1. The lowest BCUT2D eigenvalue weighted by Crippen LogP contribution is -2.39. The molecule has 0 aliphatic heterocycles. The molecule has 2 aromatic carbocycles. The minimum Gasteiger partial charge on any atom is -0.455 e. The summed E-state index contributed by atoms with van der Waals surface area (Å²) in [5, 5.41) is 4.77. The van der Waals surface area contributed by atoms with Crippen LogP contribution in [0.15, 0.2) is 42.5 Å². The van der Waals surface area contributed by atoms with E-state index in [4.69, 9.17) is 0 Å². The molecule has 0 fully saturated rings. The molecular formula is C16H17ClF3NO2. The van der Waals surface area contributed by atoms with Gasteiger partial charge in [0.15, 0.2) is 6.61 Å². The molecule has 2 aromatic rings. The normalized spacial score (nSPS) is 12.5. The second-order valence-electron chi connectivity index (χ2n) is 4.95. The summed E-state index contributed by atoms with van der Waals surface area (Å²) in [7, 11) is 1.51. The van der Waals surface area contributed by atoms with Crippen molar-refractivity contribution in [1.82, 2.24) is 5.32 Å². The number of nitrogens with one attached hydrogen (secondary N) is 1. The number of halogens is 4. The van der Waals surface area contributed by atoms with Crippen LogP contribution in [0.2, 0.25) is 0 Å².